The van der Waals surface area contributed by atoms with E-state index in [4.69, 9.17) is 5.11 Å². The van der Waals surface area contributed by atoms with Crippen molar-refractivity contribution in [2.75, 3.05) is 24.6 Å². The average molecular weight is 254 g/mol. The molecule has 0 aromatic carbocycles. The highest BCUT2D eigenvalue weighted by molar-refractivity contribution is 7.85. The molecule has 1 saturated heterocycles. The van der Waals surface area contributed by atoms with Crippen LogP contribution in [0, 0.1) is 0 Å². The first-order valence-electron chi connectivity index (χ1n) is 5.41. The summed E-state index contributed by atoms with van der Waals surface area (Å²) in [6.07, 6.45) is 1.48. The Morgan fingerprint density at radius 1 is 1.47 bits per heavy atom. The van der Waals surface area contributed by atoms with Crippen LogP contribution in [0.4, 0.5) is 0 Å². The molecule has 6 heteroatoms. The minimum Gasteiger partial charge on any atom is -0.477 e. The lowest BCUT2D eigenvalue weighted by Crippen LogP contribution is -2.37. The van der Waals surface area contributed by atoms with Gasteiger partial charge in [-0.05, 0) is 11.6 Å². The smallest absolute Gasteiger partial charge is 0.354 e. The highest BCUT2D eigenvalue weighted by atomic mass is 32.2. The van der Waals surface area contributed by atoms with Gasteiger partial charge in [-0.25, -0.2) is 9.78 Å². The molecule has 2 rings (SSSR count). The Morgan fingerprint density at radius 3 is 2.82 bits per heavy atom. The minimum atomic E-state index is -0.999. The lowest BCUT2D eigenvalue weighted by Gasteiger charge is -2.26. The molecule has 1 aromatic heterocycles. The van der Waals surface area contributed by atoms with Gasteiger partial charge in [0.2, 0.25) is 0 Å². The standard InChI is InChI=1S/C11H14N2O3S/c14-11(15)10-9(2-1-3-12-10)8-13-4-6-17(16)7-5-13/h1-3H,4-8H2,(H,14,15). The van der Waals surface area contributed by atoms with Crippen molar-refractivity contribution < 1.29 is 14.1 Å². The zero-order valence-corrected chi connectivity index (χ0v) is 10.2. The fourth-order valence-electron chi connectivity index (χ4n) is 1.83. The van der Waals surface area contributed by atoms with Crippen LogP contribution in [0.25, 0.3) is 0 Å². The van der Waals surface area contributed by atoms with E-state index in [0.29, 0.717) is 23.6 Å². The van der Waals surface area contributed by atoms with Crippen LogP contribution in [0.5, 0.6) is 0 Å². The second kappa shape index (κ2) is 5.37. The highest BCUT2D eigenvalue weighted by Crippen LogP contribution is 2.11. The summed E-state index contributed by atoms with van der Waals surface area (Å²) in [7, 11) is -0.707. The van der Waals surface area contributed by atoms with E-state index in [1.165, 1.54) is 6.20 Å². The maximum absolute atomic E-state index is 11.2. The van der Waals surface area contributed by atoms with Crippen LogP contribution in [-0.4, -0.2) is 49.8 Å². The number of nitrogens with zero attached hydrogens (tertiary/aromatic N) is 2. The Hall–Kier alpha value is -1.27. The summed E-state index contributed by atoms with van der Waals surface area (Å²) in [4.78, 5) is 17.0. The van der Waals surface area contributed by atoms with Crippen LogP contribution in [0.1, 0.15) is 16.1 Å². The van der Waals surface area contributed by atoms with Crippen LogP contribution in [0.3, 0.4) is 0 Å². The van der Waals surface area contributed by atoms with Gasteiger partial charge < -0.3 is 5.11 Å². The van der Waals surface area contributed by atoms with E-state index < -0.39 is 16.8 Å². The van der Waals surface area contributed by atoms with Crippen LogP contribution in [0.15, 0.2) is 18.3 Å². The number of pyridine rings is 1. The normalized spacial score (nSPS) is 18.1. The molecular formula is C11H14N2O3S. The maximum atomic E-state index is 11.2. The van der Waals surface area contributed by atoms with Crippen molar-refractivity contribution in [3.8, 4) is 0 Å². The van der Waals surface area contributed by atoms with Gasteiger partial charge in [0.05, 0.1) is 0 Å². The first-order chi connectivity index (χ1) is 8.16. The number of hydrogen-bond donors (Lipinski definition) is 1. The first kappa shape index (κ1) is 12.2. The number of aromatic carboxylic acids is 1. The predicted molar refractivity (Wildman–Crippen MR) is 64.3 cm³/mol. The largest absolute Gasteiger partial charge is 0.477 e. The van der Waals surface area contributed by atoms with E-state index in [2.05, 4.69) is 9.88 Å². The number of aromatic nitrogens is 1. The fourth-order valence-corrected chi connectivity index (χ4v) is 2.96. The van der Waals surface area contributed by atoms with Gasteiger partial charge in [-0.1, -0.05) is 6.07 Å². The monoisotopic (exact) mass is 254 g/mol. The fraction of sp³-hybridized carbons (Fsp3) is 0.455. The van der Waals surface area contributed by atoms with Gasteiger partial charge in [-0.3, -0.25) is 9.11 Å². The molecule has 1 aliphatic rings. The van der Waals surface area contributed by atoms with E-state index in [1.807, 2.05) is 0 Å². The van der Waals surface area contributed by atoms with Gasteiger partial charge >= 0.3 is 5.97 Å². The number of carboxylic acids is 1. The van der Waals surface area contributed by atoms with Crippen LogP contribution < -0.4 is 0 Å². The van der Waals surface area contributed by atoms with Crippen molar-refractivity contribution in [2.45, 2.75) is 6.54 Å². The number of rotatable bonds is 3. The molecule has 0 bridgehead atoms. The van der Waals surface area contributed by atoms with Crippen molar-refractivity contribution in [1.82, 2.24) is 9.88 Å². The third kappa shape index (κ3) is 3.10. The summed E-state index contributed by atoms with van der Waals surface area (Å²) >= 11 is 0. The Balaban J connectivity index is 2.08. The molecule has 0 amide bonds. The molecule has 17 heavy (non-hydrogen) atoms. The molecule has 0 spiro atoms. The second-order valence-electron chi connectivity index (χ2n) is 3.94. The molecule has 5 nitrogen and oxygen atoms in total. The third-order valence-corrected chi connectivity index (χ3v) is 4.03. The van der Waals surface area contributed by atoms with Gasteiger partial charge in [-0.15, -0.1) is 0 Å². The molecule has 1 aliphatic heterocycles. The molecule has 0 radical (unpaired) electrons. The van der Waals surface area contributed by atoms with Gasteiger partial charge in [-0.2, -0.15) is 0 Å². The highest BCUT2D eigenvalue weighted by Gasteiger charge is 2.18. The summed E-state index contributed by atoms with van der Waals surface area (Å²) in [5.41, 5.74) is 0.826. The van der Waals surface area contributed by atoms with E-state index in [9.17, 15) is 9.00 Å². The van der Waals surface area contributed by atoms with E-state index in [-0.39, 0.29) is 5.69 Å². The van der Waals surface area contributed by atoms with Gasteiger partial charge in [0, 0.05) is 48.1 Å². The molecule has 1 aromatic rings. The van der Waals surface area contributed by atoms with Crippen LogP contribution in [0.2, 0.25) is 0 Å². The Labute approximate surface area is 102 Å². The van der Waals surface area contributed by atoms with Crippen molar-refractivity contribution >= 4 is 16.8 Å². The summed E-state index contributed by atoms with van der Waals surface area (Å²) in [5, 5.41) is 9.01. The van der Waals surface area contributed by atoms with E-state index >= 15 is 0 Å². The quantitative estimate of drug-likeness (QED) is 0.842. The summed E-state index contributed by atoms with van der Waals surface area (Å²) in [5.74, 6) is 0.340. The zero-order valence-electron chi connectivity index (χ0n) is 9.33. The molecule has 0 saturated carbocycles. The van der Waals surface area contributed by atoms with Gasteiger partial charge in [0.15, 0.2) is 5.69 Å². The molecular weight excluding hydrogens is 240 g/mol. The maximum Gasteiger partial charge on any atom is 0.354 e. The SMILES string of the molecule is O=C(O)c1ncccc1CN1CCS(=O)CC1. The molecule has 0 atom stereocenters. The Kier molecular flexibility index (Phi) is 3.86. The average Bonchev–Trinajstić information content (AvgIpc) is 2.32. The Bertz CT molecular complexity index is 440. The van der Waals surface area contributed by atoms with Gasteiger partial charge in [0.1, 0.15) is 0 Å². The summed E-state index contributed by atoms with van der Waals surface area (Å²) < 4.78 is 11.2. The van der Waals surface area contributed by atoms with E-state index in [1.54, 1.807) is 12.1 Å². The van der Waals surface area contributed by atoms with Crippen LogP contribution in [-0.2, 0) is 17.3 Å². The molecule has 0 aliphatic carbocycles. The number of carbonyl (C=O) groups is 1. The van der Waals surface area contributed by atoms with Crippen molar-refractivity contribution in [3.63, 3.8) is 0 Å². The minimum absolute atomic E-state index is 0.110. The van der Waals surface area contributed by atoms with Gasteiger partial charge in [0.25, 0.3) is 0 Å². The molecule has 92 valence electrons. The van der Waals surface area contributed by atoms with Crippen molar-refractivity contribution in [3.05, 3.63) is 29.6 Å². The molecule has 1 fully saturated rings. The molecule has 2 heterocycles. The Morgan fingerprint density at radius 2 is 2.18 bits per heavy atom. The lowest BCUT2D eigenvalue weighted by molar-refractivity contribution is 0.0688. The molecule has 1 N–H and O–H groups in total. The second-order valence-corrected chi connectivity index (χ2v) is 5.64. The number of hydrogen-bond acceptors (Lipinski definition) is 4. The van der Waals surface area contributed by atoms with E-state index in [0.717, 1.165) is 13.1 Å². The molecule has 0 unspecified atom stereocenters. The summed E-state index contributed by atoms with van der Waals surface area (Å²) in [6, 6.07) is 3.52. The third-order valence-electron chi connectivity index (χ3n) is 2.76. The predicted octanol–water partition coefficient (Wildman–Crippen LogP) is 0.344. The zero-order chi connectivity index (χ0) is 12.3. The number of carboxylic acid groups (broad SMARTS) is 1. The van der Waals surface area contributed by atoms with Crippen molar-refractivity contribution in [2.24, 2.45) is 0 Å². The summed E-state index contributed by atoms with van der Waals surface area (Å²) in [6.45, 7) is 2.06. The van der Waals surface area contributed by atoms with Crippen LogP contribution >= 0.6 is 0 Å². The van der Waals surface area contributed by atoms with Crippen molar-refractivity contribution in [1.29, 1.82) is 0 Å². The lowest BCUT2D eigenvalue weighted by atomic mass is 10.2. The topological polar surface area (TPSA) is 70.5 Å². The first-order valence-corrected chi connectivity index (χ1v) is 6.90.